The minimum Gasteiger partial charge on any atom is -0.508 e. The van der Waals surface area contributed by atoms with Gasteiger partial charge in [-0.25, -0.2) is 0 Å². The molecule has 0 amide bonds. The van der Waals surface area contributed by atoms with Crippen LogP contribution in [0.25, 0.3) is 21.9 Å². The van der Waals surface area contributed by atoms with Gasteiger partial charge in [0.25, 0.3) is 7.37 Å². The number of para-hydroxylation sites is 1. The van der Waals surface area contributed by atoms with Gasteiger partial charge in [-0.2, -0.15) is 0 Å². The lowest BCUT2D eigenvalue weighted by Gasteiger charge is -2.29. The average Bonchev–Trinajstić information content (AvgIpc) is 2.70. The summed E-state index contributed by atoms with van der Waals surface area (Å²) in [6.45, 7) is 0. The van der Waals surface area contributed by atoms with Crippen LogP contribution in [0, 0.1) is 0 Å². The van der Waals surface area contributed by atoms with Gasteiger partial charge in [-0.1, -0.05) is 48.5 Å². The Morgan fingerprint density at radius 2 is 1.57 bits per heavy atom. The lowest BCUT2D eigenvalue weighted by Crippen LogP contribution is -2.18. The quantitative estimate of drug-likeness (QED) is 0.451. The molecule has 5 rings (SSSR count). The zero-order chi connectivity index (χ0) is 19.3. The Labute approximate surface area is 162 Å². The first-order valence-electron chi connectivity index (χ1n) is 8.96. The van der Waals surface area contributed by atoms with Crippen molar-refractivity contribution in [2.75, 3.05) is 0 Å². The van der Waals surface area contributed by atoms with Gasteiger partial charge in [-0.15, -0.1) is 0 Å². The maximum absolute atomic E-state index is 14.0. The van der Waals surface area contributed by atoms with Gasteiger partial charge < -0.3 is 14.7 Å². The van der Waals surface area contributed by atoms with E-state index in [-0.39, 0.29) is 17.7 Å². The molecule has 28 heavy (non-hydrogen) atoms. The number of fused-ring (bicyclic) bond motifs is 4. The highest BCUT2D eigenvalue weighted by Crippen LogP contribution is 2.57. The number of benzene rings is 4. The van der Waals surface area contributed by atoms with Gasteiger partial charge in [0, 0.05) is 16.5 Å². The van der Waals surface area contributed by atoms with Crippen molar-refractivity contribution < 1.29 is 19.3 Å². The molecule has 1 unspecified atom stereocenters. The number of aromatic hydroxyl groups is 2. The monoisotopic (exact) mass is 388 g/mol. The number of phenolic OH excluding ortho intramolecular Hbond substituents is 2. The molecule has 4 nitrogen and oxygen atoms in total. The van der Waals surface area contributed by atoms with Crippen LogP contribution in [0.3, 0.4) is 0 Å². The second-order valence-corrected chi connectivity index (χ2v) is 9.24. The van der Waals surface area contributed by atoms with Crippen LogP contribution >= 0.6 is 7.37 Å². The lowest BCUT2D eigenvalue weighted by atomic mass is 10.0. The highest BCUT2D eigenvalue weighted by molar-refractivity contribution is 7.67. The molecule has 0 saturated carbocycles. The highest BCUT2D eigenvalue weighted by atomic mass is 31.2. The molecule has 0 radical (unpaired) electrons. The summed E-state index contributed by atoms with van der Waals surface area (Å²) in [5, 5.41) is 22.4. The normalized spacial score (nSPS) is 17.6. The van der Waals surface area contributed by atoms with E-state index in [0.29, 0.717) is 22.0 Å². The van der Waals surface area contributed by atoms with Crippen molar-refractivity contribution in [2.24, 2.45) is 0 Å². The SMILES string of the molecule is O=P1(Cc2ccc3cc(O)ccc3c2O)Oc2ccccc2-c2ccccc21. The second kappa shape index (κ2) is 6.15. The summed E-state index contributed by atoms with van der Waals surface area (Å²) in [6, 6.07) is 23.4. The van der Waals surface area contributed by atoms with Crippen LogP contribution in [0.2, 0.25) is 0 Å². The van der Waals surface area contributed by atoms with Crippen molar-refractivity contribution in [3.05, 3.63) is 84.4 Å². The smallest absolute Gasteiger partial charge is 0.282 e. The molecule has 1 heterocycles. The summed E-state index contributed by atoms with van der Waals surface area (Å²) in [5.41, 5.74) is 2.37. The van der Waals surface area contributed by atoms with Crippen LogP contribution in [-0.4, -0.2) is 10.2 Å². The Hall–Kier alpha value is -3.23. The van der Waals surface area contributed by atoms with Crippen molar-refractivity contribution in [3.8, 4) is 28.4 Å². The fraction of sp³-hybridized carbons (Fsp3) is 0.0435. The van der Waals surface area contributed by atoms with E-state index in [1.165, 1.54) is 6.07 Å². The van der Waals surface area contributed by atoms with Gasteiger partial charge in [-0.05, 0) is 41.3 Å². The Morgan fingerprint density at radius 3 is 2.43 bits per heavy atom. The molecule has 0 bridgehead atoms. The molecule has 4 aromatic rings. The van der Waals surface area contributed by atoms with Gasteiger partial charge in [0.05, 0.1) is 11.5 Å². The predicted molar refractivity (Wildman–Crippen MR) is 111 cm³/mol. The Balaban J connectivity index is 1.64. The van der Waals surface area contributed by atoms with E-state index in [1.807, 2.05) is 48.5 Å². The largest absolute Gasteiger partial charge is 0.508 e. The van der Waals surface area contributed by atoms with Crippen molar-refractivity contribution in [1.82, 2.24) is 0 Å². The van der Waals surface area contributed by atoms with Crippen molar-refractivity contribution in [1.29, 1.82) is 0 Å². The van der Waals surface area contributed by atoms with E-state index in [9.17, 15) is 14.8 Å². The molecule has 0 aromatic heterocycles. The summed E-state index contributed by atoms with van der Waals surface area (Å²) in [5.74, 6) is 0.788. The fourth-order valence-electron chi connectivity index (χ4n) is 3.79. The second-order valence-electron chi connectivity index (χ2n) is 6.91. The van der Waals surface area contributed by atoms with E-state index >= 15 is 0 Å². The average molecular weight is 388 g/mol. The minimum absolute atomic E-state index is 0.0627. The Morgan fingerprint density at radius 1 is 0.821 bits per heavy atom. The molecule has 138 valence electrons. The van der Waals surface area contributed by atoms with Crippen LogP contribution in [-0.2, 0) is 10.7 Å². The van der Waals surface area contributed by atoms with E-state index in [0.717, 1.165) is 16.5 Å². The number of hydrogen-bond donors (Lipinski definition) is 2. The maximum Gasteiger partial charge on any atom is 0.282 e. The van der Waals surface area contributed by atoms with Crippen LogP contribution < -0.4 is 9.83 Å². The van der Waals surface area contributed by atoms with Gasteiger partial charge >= 0.3 is 0 Å². The van der Waals surface area contributed by atoms with E-state index in [2.05, 4.69) is 0 Å². The first-order chi connectivity index (χ1) is 13.5. The zero-order valence-electron chi connectivity index (χ0n) is 14.9. The topological polar surface area (TPSA) is 66.8 Å². The maximum atomic E-state index is 14.0. The third-order valence-electron chi connectivity index (χ3n) is 5.13. The molecular weight excluding hydrogens is 371 g/mol. The Kier molecular flexibility index (Phi) is 3.71. The first-order valence-corrected chi connectivity index (χ1v) is 10.8. The Bertz CT molecular complexity index is 1280. The molecule has 2 N–H and O–H groups in total. The van der Waals surface area contributed by atoms with Crippen LogP contribution in [0.15, 0.2) is 78.9 Å². The van der Waals surface area contributed by atoms with E-state index in [1.54, 1.807) is 24.3 Å². The fourth-order valence-corrected chi connectivity index (χ4v) is 6.18. The number of hydrogen-bond acceptors (Lipinski definition) is 4. The molecule has 4 aromatic carbocycles. The predicted octanol–water partition coefficient (Wildman–Crippen LogP) is 5.41. The third-order valence-corrected chi connectivity index (χ3v) is 7.50. The summed E-state index contributed by atoms with van der Waals surface area (Å²) < 4.78 is 20.0. The van der Waals surface area contributed by atoms with Crippen LogP contribution in [0.5, 0.6) is 17.2 Å². The van der Waals surface area contributed by atoms with Crippen LogP contribution in [0.1, 0.15) is 5.56 Å². The van der Waals surface area contributed by atoms with Crippen molar-refractivity contribution in [3.63, 3.8) is 0 Å². The molecule has 1 atom stereocenters. The van der Waals surface area contributed by atoms with Crippen molar-refractivity contribution >= 4 is 23.4 Å². The first kappa shape index (κ1) is 16.9. The highest BCUT2D eigenvalue weighted by Gasteiger charge is 2.36. The zero-order valence-corrected chi connectivity index (χ0v) is 15.8. The lowest BCUT2D eigenvalue weighted by molar-refractivity contribution is 0.468. The molecule has 1 aliphatic rings. The summed E-state index contributed by atoms with van der Waals surface area (Å²) in [6.07, 6.45) is 0.0843. The standard InChI is InChI=1S/C23H17O4P/c24-17-11-12-18-15(13-17)9-10-16(23(18)25)14-28(26)22-8-4-2-6-20(22)19-5-1-3-7-21(19)27-28/h1-13,24-25H,14H2. The number of phenols is 2. The summed E-state index contributed by atoms with van der Waals surface area (Å²) in [4.78, 5) is 0. The van der Waals surface area contributed by atoms with Gasteiger partial charge in [0.2, 0.25) is 0 Å². The number of rotatable bonds is 2. The summed E-state index contributed by atoms with van der Waals surface area (Å²) in [7, 11) is -3.28. The van der Waals surface area contributed by atoms with Gasteiger partial charge in [0.15, 0.2) is 0 Å². The molecule has 0 saturated heterocycles. The molecule has 0 fully saturated rings. The third kappa shape index (κ3) is 2.57. The van der Waals surface area contributed by atoms with E-state index in [4.69, 9.17) is 4.52 Å². The van der Waals surface area contributed by atoms with Crippen LogP contribution in [0.4, 0.5) is 0 Å². The van der Waals surface area contributed by atoms with Gasteiger partial charge in [-0.3, -0.25) is 4.57 Å². The van der Waals surface area contributed by atoms with E-state index < -0.39 is 7.37 Å². The summed E-state index contributed by atoms with van der Waals surface area (Å²) >= 11 is 0. The minimum atomic E-state index is -3.28. The molecule has 5 heteroatoms. The van der Waals surface area contributed by atoms with Crippen molar-refractivity contribution in [2.45, 2.75) is 6.16 Å². The molecular formula is C23H17O4P. The molecule has 0 aliphatic carbocycles. The van der Waals surface area contributed by atoms with Gasteiger partial charge in [0.1, 0.15) is 17.2 Å². The molecule has 0 spiro atoms. The molecule has 1 aliphatic heterocycles.